The first-order chi connectivity index (χ1) is 12.4. The molecule has 1 heterocycles. The molecule has 132 valence electrons. The van der Waals surface area contributed by atoms with Crippen LogP contribution in [0, 0.1) is 6.92 Å². The highest BCUT2D eigenvalue weighted by Crippen LogP contribution is 2.21. The molecule has 7 heteroatoms. The molecule has 0 bridgehead atoms. The monoisotopic (exact) mass is 412 g/mol. The fourth-order valence-corrected chi connectivity index (χ4v) is 2.88. The molecule has 2 aromatic carbocycles. The normalized spacial score (nSPS) is 10.4. The predicted molar refractivity (Wildman–Crippen MR) is 105 cm³/mol. The lowest BCUT2D eigenvalue weighted by Crippen LogP contribution is -2.15. The van der Waals surface area contributed by atoms with Gasteiger partial charge < -0.3 is 10.6 Å². The molecule has 0 fully saturated rings. The molecule has 26 heavy (non-hydrogen) atoms. The van der Waals surface area contributed by atoms with Crippen LogP contribution in [0.2, 0.25) is 0 Å². The lowest BCUT2D eigenvalue weighted by molar-refractivity contribution is -0.114. The Morgan fingerprint density at radius 3 is 2.42 bits per heavy atom. The summed E-state index contributed by atoms with van der Waals surface area (Å²) in [6.07, 6.45) is 0. The highest BCUT2D eigenvalue weighted by Gasteiger charge is 2.13. The van der Waals surface area contributed by atoms with Gasteiger partial charge in [-0.2, -0.15) is 5.10 Å². The van der Waals surface area contributed by atoms with Gasteiger partial charge in [0.25, 0.3) is 5.91 Å². The Morgan fingerprint density at radius 1 is 1.04 bits per heavy atom. The summed E-state index contributed by atoms with van der Waals surface area (Å²) in [5, 5.41) is 10.0. The molecule has 3 aromatic rings. The average molecular weight is 413 g/mol. The van der Waals surface area contributed by atoms with Crippen LogP contribution in [0.3, 0.4) is 0 Å². The number of aryl methyl sites for hydroxylation is 1. The molecule has 0 radical (unpaired) electrons. The number of amides is 2. The topological polar surface area (TPSA) is 76.0 Å². The standard InChI is InChI=1S/C19H17BrN4O2/c1-12-10-18(24(23-12)17-5-3-4-15(20)11-17)22-19(26)14-6-8-16(9-7-14)21-13(2)25/h3-11H,1-2H3,(H,21,25)(H,22,26). The number of hydrogen-bond donors (Lipinski definition) is 2. The van der Waals surface area contributed by atoms with Gasteiger partial charge >= 0.3 is 0 Å². The number of hydrogen-bond acceptors (Lipinski definition) is 3. The lowest BCUT2D eigenvalue weighted by atomic mass is 10.2. The second-order valence-corrected chi connectivity index (χ2v) is 6.69. The van der Waals surface area contributed by atoms with E-state index in [-0.39, 0.29) is 11.8 Å². The molecule has 0 unspecified atom stereocenters. The second-order valence-electron chi connectivity index (χ2n) is 5.78. The number of aromatic nitrogens is 2. The summed E-state index contributed by atoms with van der Waals surface area (Å²) < 4.78 is 2.61. The quantitative estimate of drug-likeness (QED) is 0.675. The first-order valence-electron chi connectivity index (χ1n) is 7.94. The molecular formula is C19H17BrN4O2. The Balaban J connectivity index is 1.83. The number of carbonyl (C=O) groups excluding carboxylic acids is 2. The van der Waals surface area contributed by atoms with E-state index in [4.69, 9.17) is 0 Å². The third-order valence-electron chi connectivity index (χ3n) is 3.59. The summed E-state index contributed by atoms with van der Waals surface area (Å²) in [6, 6.07) is 16.2. The maximum atomic E-state index is 12.6. The van der Waals surface area contributed by atoms with Crippen molar-refractivity contribution in [2.45, 2.75) is 13.8 Å². The predicted octanol–water partition coefficient (Wildman–Crippen LogP) is 4.15. The summed E-state index contributed by atoms with van der Waals surface area (Å²) >= 11 is 3.44. The van der Waals surface area contributed by atoms with Crippen LogP contribution >= 0.6 is 15.9 Å². The van der Waals surface area contributed by atoms with Gasteiger partial charge in [0.05, 0.1) is 11.4 Å². The zero-order valence-corrected chi connectivity index (χ0v) is 15.9. The number of rotatable bonds is 4. The summed E-state index contributed by atoms with van der Waals surface area (Å²) in [5.74, 6) is 0.169. The number of anilines is 2. The summed E-state index contributed by atoms with van der Waals surface area (Å²) in [4.78, 5) is 23.6. The van der Waals surface area contributed by atoms with Gasteiger partial charge in [0.2, 0.25) is 5.91 Å². The first-order valence-corrected chi connectivity index (χ1v) is 8.73. The lowest BCUT2D eigenvalue weighted by Gasteiger charge is -2.10. The largest absolute Gasteiger partial charge is 0.326 e. The Labute approximate surface area is 159 Å². The Morgan fingerprint density at radius 2 is 1.77 bits per heavy atom. The van der Waals surface area contributed by atoms with Crippen LogP contribution in [0.5, 0.6) is 0 Å². The van der Waals surface area contributed by atoms with Crippen molar-refractivity contribution in [3.05, 3.63) is 70.3 Å². The highest BCUT2D eigenvalue weighted by atomic mass is 79.9. The van der Waals surface area contributed by atoms with E-state index in [1.54, 1.807) is 28.9 Å². The van der Waals surface area contributed by atoms with Gasteiger partial charge in [-0.05, 0) is 49.4 Å². The van der Waals surface area contributed by atoms with Crippen molar-refractivity contribution in [2.75, 3.05) is 10.6 Å². The van der Waals surface area contributed by atoms with Crippen LogP contribution in [0.15, 0.2) is 59.1 Å². The third kappa shape index (κ3) is 4.18. The Bertz CT molecular complexity index is 964. The van der Waals surface area contributed by atoms with E-state index in [0.717, 1.165) is 15.9 Å². The van der Waals surface area contributed by atoms with Crippen LogP contribution in [0.4, 0.5) is 11.5 Å². The van der Waals surface area contributed by atoms with Gasteiger partial charge in [-0.3, -0.25) is 9.59 Å². The van der Waals surface area contributed by atoms with E-state index in [9.17, 15) is 9.59 Å². The smallest absolute Gasteiger partial charge is 0.256 e. The van der Waals surface area contributed by atoms with Gasteiger partial charge in [0.15, 0.2) is 0 Å². The maximum absolute atomic E-state index is 12.6. The van der Waals surface area contributed by atoms with Crippen molar-refractivity contribution in [3.63, 3.8) is 0 Å². The summed E-state index contributed by atoms with van der Waals surface area (Å²) in [6.45, 7) is 3.30. The second kappa shape index (κ2) is 7.53. The maximum Gasteiger partial charge on any atom is 0.256 e. The minimum atomic E-state index is -0.254. The first kappa shape index (κ1) is 17.9. The van der Waals surface area contributed by atoms with Crippen molar-refractivity contribution in [1.82, 2.24) is 9.78 Å². The van der Waals surface area contributed by atoms with Crippen LogP contribution in [0.1, 0.15) is 23.0 Å². The molecule has 0 saturated heterocycles. The molecule has 6 nitrogen and oxygen atoms in total. The number of halogens is 1. The fourth-order valence-electron chi connectivity index (χ4n) is 2.49. The molecule has 2 N–H and O–H groups in total. The van der Waals surface area contributed by atoms with Crippen LogP contribution < -0.4 is 10.6 Å². The molecule has 0 aliphatic carbocycles. The summed E-state index contributed by atoms with van der Waals surface area (Å²) in [7, 11) is 0. The van der Waals surface area contributed by atoms with E-state index in [1.165, 1.54) is 6.92 Å². The fraction of sp³-hybridized carbons (Fsp3) is 0.105. The van der Waals surface area contributed by atoms with Crippen LogP contribution in [-0.4, -0.2) is 21.6 Å². The van der Waals surface area contributed by atoms with Crippen LogP contribution in [-0.2, 0) is 4.79 Å². The van der Waals surface area contributed by atoms with E-state index >= 15 is 0 Å². The summed E-state index contributed by atoms with van der Waals surface area (Å²) in [5.41, 5.74) is 2.76. The van der Waals surface area contributed by atoms with Crippen molar-refractivity contribution >= 4 is 39.2 Å². The van der Waals surface area contributed by atoms with E-state index in [1.807, 2.05) is 37.3 Å². The number of nitrogens with zero attached hydrogens (tertiary/aromatic N) is 2. The van der Waals surface area contributed by atoms with E-state index in [0.29, 0.717) is 17.1 Å². The van der Waals surface area contributed by atoms with Crippen molar-refractivity contribution < 1.29 is 9.59 Å². The number of nitrogens with one attached hydrogen (secondary N) is 2. The SMILES string of the molecule is CC(=O)Nc1ccc(C(=O)Nc2cc(C)nn2-c2cccc(Br)c2)cc1. The Kier molecular flexibility index (Phi) is 5.18. The molecule has 0 spiro atoms. The van der Waals surface area contributed by atoms with Gasteiger partial charge in [-0.15, -0.1) is 0 Å². The average Bonchev–Trinajstić information content (AvgIpc) is 2.95. The molecule has 2 amide bonds. The van der Waals surface area contributed by atoms with Gasteiger partial charge in [-0.25, -0.2) is 4.68 Å². The third-order valence-corrected chi connectivity index (χ3v) is 4.09. The van der Waals surface area contributed by atoms with E-state index < -0.39 is 0 Å². The zero-order valence-electron chi connectivity index (χ0n) is 14.3. The minimum Gasteiger partial charge on any atom is -0.326 e. The number of benzene rings is 2. The Hall–Kier alpha value is -2.93. The minimum absolute atomic E-state index is 0.157. The van der Waals surface area contributed by atoms with E-state index in [2.05, 4.69) is 31.7 Å². The van der Waals surface area contributed by atoms with Crippen molar-refractivity contribution in [1.29, 1.82) is 0 Å². The number of carbonyl (C=O) groups is 2. The molecule has 0 aliphatic heterocycles. The van der Waals surface area contributed by atoms with Gasteiger partial charge in [-0.1, -0.05) is 22.0 Å². The van der Waals surface area contributed by atoms with Crippen LogP contribution in [0.25, 0.3) is 5.69 Å². The molecule has 0 saturated carbocycles. The zero-order chi connectivity index (χ0) is 18.7. The molecule has 0 aliphatic rings. The highest BCUT2D eigenvalue weighted by molar-refractivity contribution is 9.10. The molecule has 1 aromatic heterocycles. The van der Waals surface area contributed by atoms with Gasteiger partial charge in [0.1, 0.15) is 5.82 Å². The molecule has 3 rings (SSSR count). The molecular weight excluding hydrogens is 396 g/mol. The van der Waals surface area contributed by atoms with Crippen molar-refractivity contribution in [2.24, 2.45) is 0 Å². The molecule has 0 atom stereocenters. The van der Waals surface area contributed by atoms with Gasteiger partial charge in [0, 0.05) is 28.7 Å². The van der Waals surface area contributed by atoms with Crippen molar-refractivity contribution in [3.8, 4) is 5.69 Å².